The van der Waals surface area contributed by atoms with Crippen molar-refractivity contribution in [2.75, 3.05) is 12.8 Å². The molecule has 0 spiro atoms. The van der Waals surface area contributed by atoms with E-state index in [0.29, 0.717) is 12.1 Å². The smallest absolute Gasteiger partial charge is 0.251 e. The van der Waals surface area contributed by atoms with Gasteiger partial charge < -0.3 is 11.1 Å². The molecule has 1 rings (SSSR count). The molecule has 0 aliphatic heterocycles. The lowest BCUT2D eigenvalue weighted by molar-refractivity contribution is 0.0941. The van der Waals surface area contributed by atoms with E-state index in [9.17, 15) is 4.79 Å². The monoisotopic (exact) mass is 260 g/mol. The van der Waals surface area contributed by atoms with Gasteiger partial charge in [-0.15, -0.1) is 24.2 Å². The third-order valence-corrected chi connectivity index (χ3v) is 2.83. The van der Waals surface area contributed by atoms with Crippen LogP contribution in [0, 0.1) is 0 Å². The number of carbonyl (C=O) groups excluding carboxylic acids is 1. The number of thioether (sulfide) groups is 1. The normalized spacial score (nSPS) is 11.4. The maximum absolute atomic E-state index is 11.6. The Labute approximate surface area is 107 Å². The van der Waals surface area contributed by atoms with Crippen molar-refractivity contribution >= 4 is 30.1 Å². The maximum atomic E-state index is 11.6. The molecule has 0 aliphatic carbocycles. The van der Waals surface area contributed by atoms with Gasteiger partial charge in [-0.1, -0.05) is 0 Å². The minimum absolute atomic E-state index is 0. The molecule has 1 amide bonds. The molecular weight excluding hydrogens is 244 g/mol. The molecule has 0 fully saturated rings. The molecule has 0 unspecified atom stereocenters. The van der Waals surface area contributed by atoms with Crippen molar-refractivity contribution in [2.24, 2.45) is 5.73 Å². The lowest BCUT2D eigenvalue weighted by atomic mass is 10.2. The van der Waals surface area contributed by atoms with E-state index in [1.54, 1.807) is 11.8 Å². The molecular formula is C11H17ClN2OS. The summed E-state index contributed by atoms with van der Waals surface area (Å²) in [6.45, 7) is 2.34. The molecule has 5 heteroatoms. The number of benzene rings is 1. The summed E-state index contributed by atoms with van der Waals surface area (Å²) in [6, 6.07) is 7.53. The van der Waals surface area contributed by atoms with Crippen LogP contribution in [0.15, 0.2) is 29.2 Å². The fourth-order valence-electron chi connectivity index (χ4n) is 1.11. The summed E-state index contributed by atoms with van der Waals surface area (Å²) in [5.41, 5.74) is 6.10. The summed E-state index contributed by atoms with van der Waals surface area (Å²) in [7, 11) is 0. The predicted octanol–water partition coefficient (Wildman–Crippen LogP) is 1.91. The van der Waals surface area contributed by atoms with Crippen molar-refractivity contribution in [2.45, 2.75) is 17.9 Å². The van der Waals surface area contributed by atoms with E-state index in [-0.39, 0.29) is 24.4 Å². The fourth-order valence-corrected chi connectivity index (χ4v) is 1.52. The Hall–Kier alpha value is -0.710. The van der Waals surface area contributed by atoms with E-state index < -0.39 is 0 Å². The highest BCUT2D eigenvalue weighted by molar-refractivity contribution is 7.98. The average molecular weight is 261 g/mol. The quantitative estimate of drug-likeness (QED) is 0.813. The van der Waals surface area contributed by atoms with Crippen LogP contribution >= 0.6 is 24.2 Å². The van der Waals surface area contributed by atoms with Gasteiger partial charge in [-0.25, -0.2) is 0 Å². The average Bonchev–Trinajstić information content (AvgIpc) is 2.29. The molecule has 0 radical (unpaired) electrons. The summed E-state index contributed by atoms with van der Waals surface area (Å²) in [6.07, 6.45) is 2.01. The first-order valence-corrected chi connectivity index (χ1v) is 6.05. The van der Waals surface area contributed by atoms with Crippen molar-refractivity contribution in [1.29, 1.82) is 0 Å². The Kier molecular flexibility index (Phi) is 7.21. The van der Waals surface area contributed by atoms with Crippen LogP contribution in [0.25, 0.3) is 0 Å². The van der Waals surface area contributed by atoms with Crippen LogP contribution in [0.2, 0.25) is 0 Å². The molecule has 0 aromatic heterocycles. The van der Waals surface area contributed by atoms with Crippen LogP contribution in [0.1, 0.15) is 17.3 Å². The van der Waals surface area contributed by atoms with Crippen molar-refractivity contribution in [3.63, 3.8) is 0 Å². The number of hydrogen-bond donors (Lipinski definition) is 2. The molecule has 90 valence electrons. The highest BCUT2D eigenvalue weighted by Crippen LogP contribution is 2.14. The zero-order chi connectivity index (χ0) is 11.3. The molecule has 3 N–H and O–H groups in total. The standard InChI is InChI=1S/C11H16N2OS.ClH/c1-8(7-12)13-11(14)9-3-5-10(15-2)6-4-9;/h3-6,8H,7,12H2,1-2H3,(H,13,14);1H/t8-;/m1./s1. The molecule has 3 nitrogen and oxygen atoms in total. The number of hydrogen-bond acceptors (Lipinski definition) is 3. The highest BCUT2D eigenvalue weighted by atomic mass is 35.5. The van der Waals surface area contributed by atoms with Crippen molar-refractivity contribution in [3.05, 3.63) is 29.8 Å². The van der Waals surface area contributed by atoms with E-state index in [2.05, 4.69) is 5.32 Å². The van der Waals surface area contributed by atoms with E-state index in [4.69, 9.17) is 5.73 Å². The van der Waals surface area contributed by atoms with E-state index in [0.717, 1.165) is 4.90 Å². The molecule has 0 aliphatic rings. The first kappa shape index (κ1) is 15.3. The van der Waals surface area contributed by atoms with Crippen LogP contribution in [0.5, 0.6) is 0 Å². The Morgan fingerprint density at radius 3 is 2.44 bits per heavy atom. The van der Waals surface area contributed by atoms with Crippen LogP contribution < -0.4 is 11.1 Å². The summed E-state index contributed by atoms with van der Waals surface area (Å²) in [5, 5.41) is 2.81. The first-order chi connectivity index (χ1) is 7.17. The number of rotatable bonds is 4. The second kappa shape index (κ2) is 7.54. The highest BCUT2D eigenvalue weighted by Gasteiger charge is 2.07. The van der Waals surface area contributed by atoms with Gasteiger partial charge in [-0.2, -0.15) is 0 Å². The fraction of sp³-hybridized carbons (Fsp3) is 0.364. The van der Waals surface area contributed by atoms with Crippen molar-refractivity contribution < 1.29 is 4.79 Å². The largest absolute Gasteiger partial charge is 0.348 e. The van der Waals surface area contributed by atoms with E-state index in [1.165, 1.54) is 0 Å². The molecule has 1 aromatic carbocycles. The molecule has 1 aromatic rings. The van der Waals surface area contributed by atoms with Crippen molar-refractivity contribution in [3.8, 4) is 0 Å². The Morgan fingerprint density at radius 1 is 1.44 bits per heavy atom. The Balaban J connectivity index is 0.00000225. The molecule has 0 bridgehead atoms. The van der Waals surface area contributed by atoms with Crippen molar-refractivity contribution in [1.82, 2.24) is 5.32 Å². The van der Waals surface area contributed by atoms with Gasteiger partial charge in [-0.05, 0) is 37.4 Å². The number of halogens is 1. The van der Waals surface area contributed by atoms with Gasteiger partial charge in [0, 0.05) is 23.0 Å². The first-order valence-electron chi connectivity index (χ1n) is 4.82. The molecule has 0 saturated heterocycles. The third-order valence-electron chi connectivity index (χ3n) is 2.08. The number of amides is 1. The Bertz CT molecular complexity index is 329. The van der Waals surface area contributed by atoms with Gasteiger partial charge in [0.2, 0.25) is 0 Å². The minimum Gasteiger partial charge on any atom is -0.348 e. The van der Waals surface area contributed by atoms with Crippen LogP contribution in [-0.2, 0) is 0 Å². The van der Waals surface area contributed by atoms with Gasteiger partial charge in [0.15, 0.2) is 0 Å². The molecule has 0 saturated carbocycles. The number of carbonyl (C=O) groups is 1. The van der Waals surface area contributed by atoms with Gasteiger partial charge >= 0.3 is 0 Å². The Morgan fingerprint density at radius 2 is 2.00 bits per heavy atom. The molecule has 16 heavy (non-hydrogen) atoms. The summed E-state index contributed by atoms with van der Waals surface area (Å²) >= 11 is 1.66. The van der Waals surface area contributed by atoms with Gasteiger partial charge in [0.1, 0.15) is 0 Å². The van der Waals surface area contributed by atoms with Crippen LogP contribution in [0.3, 0.4) is 0 Å². The van der Waals surface area contributed by atoms with Crippen LogP contribution in [-0.4, -0.2) is 24.7 Å². The minimum atomic E-state index is -0.0689. The SMILES string of the molecule is CSc1ccc(C(=O)N[C@H](C)CN)cc1.Cl. The summed E-state index contributed by atoms with van der Waals surface area (Å²) in [4.78, 5) is 12.8. The molecule has 0 heterocycles. The second-order valence-electron chi connectivity index (χ2n) is 3.34. The lowest BCUT2D eigenvalue weighted by Gasteiger charge is -2.11. The maximum Gasteiger partial charge on any atom is 0.251 e. The van der Waals surface area contributed by atoms with Crippen LogP contribution in [0.4, 0.5) is 0 Å². The van der Waals surface area contributed by atoms with Gasteiger partial charge in [0.05, 0.1) is 0 Å². The van der Waals surface area contributed by atoms with E-state index in [1.807, 2.05) is 37.4 Å². The van der Waals surface area contributed by atoms with Gasteiger partial charge in [-0.3, -0.25) is 4.79 Å². The number of nitrogens with one attached hydrogen (secondary N) is 1. The summed E-state index contributed by atoms with van der Waals surface area (Å²) < 4.78 is 0. The van der Waals surface area contributed by atoms with Gasteiger partial charge in [0.25, 0.3) is 5.91 Å². The zero-order valence-electron chi connectivity index (χ0n) is 9.40. The second-order valence-corrected chi connectivity index (χ2v) is 4.22. The third kappa shape index (κ3) is 4.43. The van der Waals surface area contributed by atoms with E-state index >= 15 is 0 Å². The lowest BCUT2D eigenvalue weighted by Crippen LogP contribution is -2.37. The predicted molar refractivity (Wildman–Crippen MR) is 71.5 cm³/mol. The zero-order valence-corrected chi connectivity index (χ0v) is 11.0. The summed E-state index contributed by atoms with van der Waals surface area (Å²) in [5.74, 6) is -0.0689. The molecule has 1 atom stereocenters. The topological polar surface area (TPSA) is 55.1 Å². The number of nitrogens with two attached hydrogens (primary N) is 1.